The Kier molecular flexibility index (Phi) is 3.65. The van der Waals surface area contributed by atoms with E-state index in [2.05, 4.69) is 22.4 Å². The second-order valence-corrected chi connectivity index (χ2v) is 5.33. The lowest BCUT2D eigenvalue weighted by Gasteiger charge is -2.14. The molecule has 1 N–H and O–H groups in total. The van der Waals surface area contributed by atoms with Crippen molar-refractivity contribution in [1.82, 2.24) is 10.3 Å². The van der Waals surface area contributed by atoms with Gasteiger partial charge in [-0.15, -0.1) is 0 Å². The molecule has 0 bridgehead atoms. The van der Waals surface area contributed by atoms with Gasteiger partial charge in [0.1, 0.15) is 5.75 Å². The van der Waals surface area contributed by atoms with Crippen LogP contribution >= 0.6 is 0 Å². The summed E-state index contributed by atoms with van der Waals surface area (Å²) in [6.07, 6.45) is 5.78. The van der Waals surface area contributed by atoms with Crippen molar-refractivity contribution in [3.63, 3.8) is 0 Å². The lowest BCUT2D eigenvalue weighted by molar-refractivity contribution is 0.204. The molecule has 3 rings (SSSR count). The number of hydrogen-bond acceptors (Lipinski definition) is 3. The normalized spacial score (nSPS) is 22.8. The molecule has 0 spiro atoms. The van der Waals surface area contributed by atoms with Crippen LogP contribution in [0.3, 0.4) is 0 Å². The summed E-state index contributed by atoms with van der Waals surface area (Å²) in [5.41, 5.74) is 1.02. The molecule has 1 aliphatic carbocycles. The average Bonchev–Trinajstić information content (AvgIpc) is 2.86. The molecule has 1 aromatic carbocycles. The third kappa shape index (κ3) is 2.87. The highest BCUT2D eigenvalue weighted by atomic mass is 16.5. The van der Waals surface area contributed by atoms with Crippen LogP contribution in [0.5, 0.6) is 5.75 Å². The van der Waals surface area contributed by atoms with E-state index < -0.39 is 0 Å². The molecule has 2 aromatic rings. The van der Waals surface area contributed by atoms with E-state index in [4.69, 9.17) is 4.74 Å². The minimum absolute atomic E-state index is 0.368. The van der Waals surface area contributed by atoms with Gasteiger partial charge in [-0.2, -0.15) is 0 Å². The molecule has 1 heterocycles. The molecular weight excluding hydrogens is 236 g/mol. The third-order valence-corrected chi connectivity index (χ3v) is 3.86. The second-order valence-electron chi connectivity index (χ2n) is 5.33. The van der Waals surface area contributed by atoms with Crippen molar-refractivity contribution in [3.05, 3.63) is 36.5 Å². The van der Waals surface area contributed by atoms with Crippen molar-refractivity contribution in [1.29, 1.82) is 0 Å². The first kappa shape index (κ1) is 12.4. The molecule has 1 fully saturated rings. The van der Waals surface area contributed by atoms with E-state index in [0.29, 0.717) is 6.10 Å². The zero-order valence-electron chi connectivity index (χ0n) is 11.3. The van der Waals surface area contributed by atoms with Crippen LogP contribution in [0, 0.1) is 5.92 Å². The standard InChI is InChI=1S/C16H20N2O/c1-17-11-12-4-5-14(9-12)19-15-6-7-16-13(10-15)3-2-8-18-16/h2-3,6-8,10,12,14,17H,4-5,9,11H2,1H3. The van der Waals surface area contributed by atoms with Crippen molar-refractivity contribution >= 4 is 10.9 Å². The van der Waals surface area contributed by atoms with Crippen LogP contribution in [0.1, 0.15) is 19.3 Å². The van der Waals surface area contributed by atoms with Gasteiger partial charge in [0, 0.05) is 11.6 Å². The first-order valence-electron chi connectivity index (χ1n) is 7.01. The van der Waals surface area contributed by atoms with E-state index >= 15 is 0 Å². The Morgan fingerprint density at radius 3 is 3.16 bits per heavy atom. The van der Waals surface area contributed by atoms with E-state index in [9.17, 15) is 0 Å². The summed E-state index contributed by atoms with van der Waals surface area (Å²) in [6, 6.07) is 10.2. The SMILES string of the molecule is CNCC1CCC(Oc2ccc3ncccc3c2)C1. The summed E-state index contributed by atoms with van der Waals surface area (Å²) < 4.78 is 6.10. The smallest absolute Gasteiger partial charge is 0.120 e. The second kappa shape index (κ2) is 5.57. The summed E-state index contributed by atoms with van der Waals surface area (Å²) in [4.78, 5) is 4.33. The van der Waals surface area contributed by atoms with Gasteiger partial charge in [-0.3, -0.25) is 4.98 Å². The minimum Gasteiger partial charge on any atom is -0.490 e. The van der Waals surface area contributed by atoms with Gasteiger partial charge in [0.15, 0.2) is 0 Å². The highest BCUT2D eigenvalue weighted by Gasteiger charge is 2.25. The zero-order valence-corrected chi connectivity index (χ0v) is 11.3. The summed E-state index contributed by atoms with van der Waals surface area (Å²) >= 11 is 0. The summed E-state index contributed by atoms with van der Waals surface area (Å²) in [6.45, 7) is 1.10. The molecule has 19 heavy (non-hydrogen) atoms. The van der Waals surface area contributed by atoms with Crippen LogP contribution in [0.2, 0.25) is 0 Å². The Morgan fingerprint density at radius 1 is 1.32 bits per heavy atom. The van der Waals surface area contributed by atoms with Gasteiger partial charge in [-0.1, -0.05) is 6.07 Å². The van der Waals surface area contributed by atoms with Crippen molar-refractivity contribution in [2.45, 2.75) is 25.4 Å². The lowest BCUT2D eigenvalue weighted by atomic mass is 10.1. The fourth-order valence-electron chi connectivity index (χ4n) is 2.93. The van der Waals surface area contributed by atoms with E-state index in [-0.39, 0.29) is 0 Å². The van der Waals surface area contributed by atoms with Crippen LogP contribution in [0.15, 0.2) is 36.5 Å². The number of pyridine rings is 1. The number of rotatable bonds is 4. The number of benzene rings is 1. The predicted molar refractivity (Wildman–Crippen MR) is 77.4 cm³/mol. The Hall–Kier alpha value is -1.61. The number of nitrogens with zero attached hydrogens (tertiary/aromatic N) is 1. The number of aromatic nitrogens is 1. The third-order valence-electron chi connectivity index (χ3n) is 3.86. The molecule has 100 valence electrons. The predicted octanol–water partition coefficient (Wildman–Crippen LogP) is 3.00. The minimum atomic E-state index is 0.368. The van der Waals surface area contributed by atoms with E-state index in [1.165, 1.54) is 6.42 Å². The van der Waals surface area contributed by atoms with Crippen LogP contribution < -0.4 is 10.1 Å². The van der Waals surface area contributed by atoms with Crippen LogP contribution in [0.25, 0.3) is 10.9 Å². The average molecular weight is 256 g/mol. The lowest BCUT2D eigenvalue weighted by Crippen LogP contribution is -2.18. The molecule has 0 radical (unpaired) electrons. The molecule has 1 aliphatic rings. The fraction of sp³-hybridized carbons (Fsp3) is 0.438. The van der Waals surface area contributed by atoms with Crippen LogP contribution in [-0.2, 0) is 0 Å². The van der Waals surface area contributed by atoms with Gasteiger partial charge in [0.2, 0.25) is 0 Å². The summed E-state index contributed by atoms with van der Waals surface area (Å²) in [5, 5.41) is 4.40. The van der Waals surface area contributed by atoms with Gasteiger partial charge in [0.25, 0.3) is 0 Å². The molecule has 3 heteroatoms. The van der Waals surface area contributed by atoms with Gasteiger partial charge in [0.05, 0.1) is 11.6 Å². The first-order chi connectivity index (χ1) is 9.35. The summed E-state index contributed by atoms with van der Waals surface area (Å²) in [5.74, 6) is 1.73. The molecule has 2 atom stereocenters. The topological polar surface area (TPSA) is 34.1 Å². The van der Waals surface area contributed by atoms with Gasteiger partial charge in [-0.05, 0) is 63.0 Å². The zero-order chi connectivity index (χ0) is 13.1. The number of nitrogens with one attached hydrogen (secondary N) is 1. The van der Waals surface area contributed by atoms with Crippen molar-refractivity contribution in [2.75, 3.05) is 13.6 Å². The Morgan fingerprint density at radius 2 is 2.26 bits per heavy atom. The Balaban J connectivity index is 1.68. The van der Waals surface area contributed by atoms with E-state index in [1.54, 1.807) is 0 Å². The highest BCUT2D eigenvalue weighted by molar-refractivity contribution is 5.79. The molecular formula is C16H20N2O. The van der Waals surface area contributed by atoms with Crippen LogP contribution in [-0.4, -0.2) is 24.7 Å². The number of hydrogen-bond donors (Lipinski definition) is 1. The van der Waals surface area contributed by atoms with Crippen molar-refractivity contribution in [3.8, 4) is 5.75 Å². The maximum Gasteiger partial charge on any atom is 0.120 e. The maximum absolute atomic E-state index is 6.10. The van der Waals surface area contributed by atoms with Gasteiger partial charge < -0.3 is 10.1 Å². The molecule has 1 aromatic heterocycles. The van der Waals surface area contributed by atoms with Crippen LogP contribution in [0.4, 0.5) is 0 Å². The van der Waals surface area contributed by atoms with E-state index in [1.807, 2.05) is 31.4 Å². The number of fused-ring (bicyclic) bond motifs is 1. The molecule has 0 aliphatic heterocycles. The molecule has 0 amide bonds. The van der Waals surface area contributed by atoms with Crippen molar-refractivity contribution < 1.29 is 4.74 Å². The quantitative estimate of drug-likeness (QED) is 0.913. The first-order valence-corrected chi connectivity index (χ1v) is 7.01. The monoisotopic (exact) mass is 256 g/mol. The molecule has 2 unspecified atom stereocenters. The van der Waals surface area contributed by atoms with Gasteiger partial charge in [-0.25, -0.2) is 0 Å². The Bertz CT molecular complexity index is 555. The van der Waals surface area contributed by atoms with Crippen molar-refractivity contribution in [2.24, 2.45) is 5.92 Å². The largest absolute Gasteiger partial charge is 0.490 e. The number of ether oxygens (including phenoxy) is 1. The molecule has 0 saturated heterocycles. The maximum atomic E-state index is 6.10. The fourth-order valence-corrected chi connectivity index (χ4v) is 2.93. The molecule has 3 nitrogen and oxygen atoms in total. The Labute approximate surface area is 114 Å². The molecule has 1 saturated carbocycles. The van der Waals surface area contributed by atoms with E-state index in [0.717, 1.165) is 42.0 Å². The highest BCUT2D eigenvalue weighted by Crippen LogP contribution is 2.29. The van der Waals surface area contributed by atoms with Gasteiger partial charge >= 0.3 is 0 Å². The summed E-state index contributed by atoms with van der Waals surface area (Å²) in [7, 11) is 2.02.